The second-order valence-electron chi connectivity index (χ2n) is 14.4. The Labute approximate surface area is 206 Å². The Morgan fingerprint density at radius 2 is 1.68 bits per heavy atom. The number of hydrogen-bond acceptors (Lipinski definition) is 4. The number of esters is 1. The van der Waals surface area contributed by atoms with Crippen molar-refractivity contribution >= 4 is 11.8 Å². The van der Waals surface area contributed by atoms with E-state index in [-0.39, 0.29) is 45.5 Å². The highest BCUT2D eigenvalue weighted by Crippen LogP contribution is 2.74. The van der Waals surface area contributed by atoms with E-state index in [1.807, 2.05) is 0 Å². The second-order valence-corrected chi connectivity index (χ2v) is 14.4. The molecule has 4 heteroatoms. The lowest BCUT2D eigenvalue weighted by atomic mass is 9.34. The van der Waals surface area contributed by atoms with Crippen molar-refractivity contribution in [2.24, 2.45) is 56.5 Å². The molecule has 0 saturated heterocycles. The van der Waals surface area contributed by atoms with Crippen molar-refractivity contribution in [1.29, 1.82) is 0 Å². The van der Waals surface area contributed by atoms with Crippen LogP contribution in [0.25, 0.3) is 0 Å². The quantitative estimate of drug-likeness (QED) is 0.473. The lowest BCUT2D eigenvalue weighted by molar-refractivity contribution is -0.178. The maximum absolute atomic E-state index is 14.2. The van der Waals surface area contributed by atoms with Crippen LogP contribution in [0.3, 0.4) is 0 Å². The highest BCUT2D eigenvalue weighted by atomic mass is 16.5. The number of methoxy groups -OCH3 is 1. The molecule has 0 aromatic heterocycles. The zero-order valence-corrected chi connectivity index (χ0v) is 22.6. The van der Waals surface area contributed by atoms with E-state index in [0.29, 0.717) is 17.6 Å². The Morgan fingerprint density at radius 3 is 2.35 bits per heavy atom. The molecule has 34 heavy (non-hydrogen) atoms. The van der Waals surface area contributed by atoms with Gasteiger partial charge in [-0.1, -0.05) is 40.2 Å². The van der Waals surface area contributed by atoms with Gasteiger partial charge in [-0.3, -0.25) is 9.59 Å². The summed E-state index contributed by atoms with van der Waals surface area (Å²) in [4.78, 5) is 27.0. The zero-order valence-electron chi connectivity index (χ0n) is 22.6. The molecular formula is C30H47NO3. The fourth-order valence-electron chi connectivity index (χ4n) is 10.3. The molecule has 0 aromatic rings. The minimum atomic E-state index is -0.461. The maximum Gasteiger partial charge on any atom is 0.311 e. The van der Waals surface area contributed by atoms with Gasteiger partial charge in [-0.15, -0.1) is 0 Å². The Hall–Kier alpha value is -1.16. The highest BCUT2D eigenvalue weighted by molar-refractivity contribution is 5.95. The van der Waals surface area contributed by atoms with Crippen LogP contribution in [-0.4, -0.2) is 24.9 Å². The third-order valence-corrected chi connectivity index (χ3v) is 12.9. The number of allylic oxidation sites excluding steroid dienone is 2. The molecule has 0 spiro atoms. The molecule has 0 aliphatic heterocycles. The molecule has 4 saturated carbocycles. The number of fused-ring (bicyclic) bond motifs is 7. The number of rotatable bonds is 1. The Morgan fingerprint density at radius 1 is 1.00 bits per heavy atom. The van der Waals surface area contributed by atoms with Gasteiger partial charge in [0.05, 0.1) is 12.5 Å². The molecule has 5 aliphatic carbocycles. The molecule has 2 N–H and O–H groups in total. The summed E-state index contributed by atoms with van der Waals surface area (Å²) < 4.78 is 5.25. The summed E-state index contributed by atoms with van der Waals surface area (Å²) in [5.74, 6) is 1.62. The van der Waals surface area contributed by atoms with Crippen molar-refractivity contribution in [3.8, 4) is 0 Å². The minimum Gasteiger partial charge on any atom is -0.469 e. The summed E-state index contributed by atoms with van der Waals surface area (Å²) in [6, 6.07) is 0.261. The maximum atomic E-state index is 14.2. The van der Waals surface area contributed by atoms with Crippen LogP contribution in [0.2, 0.25) is 0 Å². The summed E-state index contributed by atoms with van der Waals surface area (Å²) in [5, 5.41) is 0. The number of carbonyl (C=O) groups excluding carboxylic acids is 2. The average molecular weight is 470 g/mol. The third kappa shape index (κ3) is 2.93. The number of hydrogen-bond donors (Lipinski definition) is 1. The molecule has 0 bridgehead atoms. The Bertz CT molecular complexity index is 941. The van der Waals surface area contributed by atoms with Crippen molar-refractivity contribution in [2.75, 3.05) is 7.11 Å². The van der Waals surface area contributed by atoms with E-state index in [0.717, 1.165) is 44.9 Å². The van der Waals surface area contributed by atoms with Crippen LogP contribution in [0.15, 0.2) is 11.6 Å². The van der Waals surface area contributed by atoms with Gasteiger partial charge in [-0.25, -0.2) is 0 Å². The third-order valence-electron chi connectivity index (χ3n) is 12.9. The summed E-state index contributed by atoms with van der Waals surface area (Å²) in [7, 11) is 1.51. The summed E-state index contributed by atoms with van der Waals surface area (Å²) in [6.07, 6.45) is 11.5. The number of ether oxygens (including phenoxy) is 1. The first-order valence-electron chi connectivity index (χ1n) is 13.9. The van der Waals surface area contributed by atoms with E-state index >= 15 is 0 Å². The molecule has 5 rings (SSSR count). The van der Waals surface area contributed by atoms with Crippen molar-refractivity contribution in [2.45, 2.75) is 105 Å². The Kier molecular flexibility index (Phi) is 5.36. The largest absolute Gasteiger partial charge is 0.469 e. The fraction of sp³-hybridized carbons (Fsp3) is 0.867. The van der Waals surface area contributed by atoms with Gasteiger partial charge in [-0.05, 0) is 110 Å². The van der Waals surface area contributed by atoms with E-state index in [9.17, 15) is 9.59 Å². The summed E-state index contributed by atoms with van der Waals surface area (Å²) in [5.41, 5.74) is 7.58. The van der Waals surface area contributed by atoms with Crippen LogP contribution in [0.1, 0.15) is 99.3 Å². The van der Waals surface area contributed by atoms with Gasteiger partial charge in [0.25, 0.3) is 0 Å². The molecule has 0 amide bonds. The first-order chi connectivity index (χ1) is 15.8. The standard InChI is InChI=1S/C30H47NO3/c1-18-19-8-11-30(6)24(28(19,4)10-9-22(18)31)23(32)16-20-21-17-27(3,25(33)34-7)13-12-26(21,2)14-15-29(20,30)5/h16,18-19,21-22,24H,8-15,17,31H2,1-7H3/t18-,19?,21?,22?,24?,26-,27+,28+,29-,30-/m1/s1. The van der Waals surface area contributed by atoms with Gasteiger partial charge in [0.1, 0.15) is 0 Å². The van der Waals surface area contributed by atoms with E-state index in [4.69, 9.17) is 10.5 Å². The van der Waals surface area contributed by atoms with Gasteiger partial charge in [0, 0.05) is 12.0 Å². The van der Waals surface area contributed by atoms with Crippen LogP contribution in [0, 0.1) is 50.7 Å². The van der Waals surface area contributed by atoms with Crippen molar-refractivity contribution in [1.82, 2.24) is 0 Å². The van der Waals surface area contributed by atoms with Crippen LogP contribution in [-0.2, 0) is 14.3 Å². The second kappa shape index (κ2) is 7.43. The monoisotopic (exact) mass is 469 g/mol. The minimum absolute atomic E-state index is 0.000897. The number of ketones is 1. The lowest BCUT2D eigenvalue weighted by Crippen LogP contribution is -2.65. The van der Waals surface area contributed by atoms with Crippen molar-refractivity contribution in [3.63, 3.8) is 0 Å². The van der Waals surface area contributed by atoms with Crippen molar-refractivity contribution in [3.05, 3.63) is 11.6 Å². The van der Waals surface area contributed by atoms with Crippen molar-refractivity contribution < 1.29 is 14.3 Å². The lowest BCUT2D eigenvalue weighted by Gasteiger charge is -2.69. The van der Waals surface area contributed by atoms with E-state index < -0.39 is 5.41 Å². The van der Waals surface area contributed by atoms with Crippen LogP contribution < -0.4 is 5.73 Å². The molecule has 10 atom stereocenters. The molecular weight excluding hydrogens is 422 g/mol. The van der Waals surface area contributed by atoms with Gasteiger partial charge in [0.15, 0.2) is 5.78 Å². The average Bonchev–Trinajstić information content (AvgIpc) is 2.78. The van der Waals surface area contributed by atoms with E-state index in [2.05, 4.69) is 47.6 Å². The molecule has 5 aliphatic rings. The van der Waals surface area contributed by atoms with Crippen LogP contribution in [0.5, 0.6) is 0 Å². The number of nitrogens with two attached hydrogens (primary N) is 1. The SMILES string of the molecule is COC(=O)[C@@]1(C)CC[C@]2(C)CC[C@]3(C)C(=CC(=O)C4[C@@]5(C)CCC(N)[C@H](C)C5CC[C@]43C)C2C1. The fourth-order valence-corrected chi connectivity index (χ4v) is 10.3. The van der Waals surface area contributed by atoms with E-state index in [1.165, 1.54) is 25.5 Å². The molecule has 0 radical (unpaired) electrons. The molecule has 4 unspecified atom stereocenters. The van der Waals surface area contributed by atoms with Gasteiger partial charge >= 0.3 is 5.97 Å². The topological polar surface area (TPSA) is 69.4 Å². The predicted octanol–water partition coefficient (Wildman–Crippen LogP) is 6.08. The highest BCUT2D eigenvalue weighted by Gasteiger charge is 2.69. The molecule has 4 fully saturated rings. The smallest absolute Gasteiger partial charge is 0.311 e. The predicted molar refractivity (Wildman–Crippen MR) is 135 cm³/mol. The molecule has 4 nitrogen and oxygen atoms in total. The zero-order chi connectivity index (χ0) is 24.9. The first-order valence-corrected chi connectivity index (χ1v) is 13.9. The summed E-state index contributed by atoms with van der Waals surface area (Å²) in [6.45, 7) is 14.2. The Balaban J connectivity index is 1.60. The first kappa shape index (κ1) is 24.5. The van der Waals surface area contributed by atoms with Gasteiger partial charge in [-0.2, -0.15) is 0 Å². The van der Waals surface area contributed by atoms with E-state index in [1.54, 1.807) is 0 Å². The molecule has 0 aromatic carbocycles. The van der Waals surface area contributed by atoms with Crippen LogP contribution in [0.4, 0.5) is 0 Å². The number of carbonyl (C=O) groups is 2. The normalized spacial score (nSPS) is 54.6. The molecule has 190 valence electrons. The van der Waals surface area contributed by atoms with Crippen LogP contribution >= 0.6 is 0 Å². The molecule has 0 heterocycles. The van der Waals surface area contributed by atoms with Gasteiger partial charge < -0.3 is 10.5 Å². The summed E-state index contributed by atoms with van der Waals surface area (Å²) >= 11 is 0. The van der Waals surface area contributed by atoms with Gasteiger partial charge in [0.2, 0.25) is 0 Å².